The van der Waals surface area contributed by atoms with Gasteiger partial charge in [-0.1, -0.05) is 6.92 Å². The van der Waals surface area contributed by atoms with Gasteiger partial charge in [0.05, 0.1) is 13.2 Å². The van der Waals surface area contributed by atoms with Crippen molar-refractivity contribution in [1.29, 1.82) is 0 Å². The van der Waals surface area contributed by atoms with E-state index in [0.29, 0.717) is 17.9 Å². The maximum absolute atomic E-state index is 10.3. The van der Waals surface area contributed by atoms with E-state index < -0.39 is 11.7 Å². The summed E-state index contributed by atoms with van der Waals surface area (Å²) in [5, 5.41) is 19.8. The highest BCUT2D eigenvalue weighted by Gasteiger charge is 2.33. The smallest absolute Gasteiger partial charge is 0.213 e. The van der Waals surface area contributed by atoms with Crippen LogP contribution in [-0.4, -0.2) is 28.4 Å². The summed E-state index contributed by atoms with van der Waals surface area (Å²) < 4.78 is 4.97. The first kappa shape index (κ1) is 11.9. The molecule has 0 bridgehead atoms. The molecule has 0 fully saturated rings. The van der Waals surface area contributed by atoms with Gasteiger partial charge in [-0.3, -0.25) is 0 Å². The summed E-state index contributed by atoms with van der Waals surface area (Å²) in [6.07, 6.45) is 1.14. The molecule has 0 radical (unpaired) electrons. The van der Waals surface area contributed by atoms with Crippen LogP contribution in [0.3, 0.4) is 0 Å². The summed E-state index contributed by atoms with van der Waals surface area (Å²) in [4.78, 5) is 3.95. The van der Waals surface area contributed by atoms with Gasteiger partial charge in [-0.25, -0.2) is 4.98 Å². The molecule has 0 spiro atoms. The number of nitrogens with zero attached hydrogens (tertiary/aromatic N) is 1. The van der Waals surface area contributed by atoms with E-state index in [-0.39, 0.29) is 0 Å². The van der Waals surface area contributed by atoms with Gasteiger partial charge in [0.1, 0.15) is 5.60 Å². The van der Waals surface area contributed by atoms with Gasteiger partial charge >= 0.3 is 0 Å². The molecule has 2 N–H and O–H groups in total. The summed E-state index contributed by atoms with van der Waals surface area (Å²) in [5.41, 5.74) is -0.622. The molecule has 1 aromatic rings. The number of methoxy groups -OCH3 is 1. The minimum absolute atomic E-state index is 0.428. The number of aliphatic hydroxyl groups excluding tert-OH is 1. The van der Waals surface area contributed by atoms with Crippen LogP contribution < -0.4 is 4.74 Å². The van der Waals surface area contributed by atoms with Gasteiger partial charge in [-0.15, -0.1) is 0 Å². The summed E-state index contributed by atoms with van der Waals surface area (Å²) in [6.45, 7) is 3.38. The fraction of sp³-hybridized carbons (Fsp3) is 0.545. The lowest BCUT2D eigenvalue weighted by Crippen LogP contribution is -2.36. The number of rotatable bonds is 4. The Kier molecular flexibility index (Phi) is 3.66. The predicted octanol–water partition coefficient (Wildman–Crippen LogP) is 1.07. The maximum Gasteiger partial charge on any atom is 0.213 e. The molecule has 84 valence electrons. The SMILES string of the molecule is CCC(O)(c1ccnc(OC)c1)C(C)O. The average molecular weight is 211 g/mol. The topological polar surface area (TPSA) is 62.6 Å². The Morgan fingerprint density at radius 3 is 2.73 bits per heavy atom. The third-order valence-corrected chi connectivity index (χ3v) is 2.67. The molecule has 4 heteroatoms. The van der Waals surface area contributed by atoms with Crippen molar-refractivity contribution in [3.8, 4) is 5.88 Å². The Labute approximate surface area is 89.5 Å². The van der Waals surface area contributed by atoms with Gasteiger partial charge in [0.25, 0.3) is 0 Å². The molecule has 0 saturated carbocycles. The van der Waals surface area contributed by atoms with Crippen LogP contribution in [0.1, 0.15) is 25.8 Å². The van der Waals surface area contributed by atoms with E-state index in [0.717, 1.165) is 0 Å². The number of ether oxygens (including phenoxy) is 1. The van der Waals surface area contributed by atoms with Crippen LogP contribution in [0.4, 0.5) is 0 Å². The maximum atomic E-state index is 10.3. The molecule has 2 atom stereocenters. The number of aromatic nitrogens is 1. The summed E-state index contributed by atoms with van der Waals surface area (Å²) in [7, 11) is 1.51. The quantitative estimate of drug-likeness (QED) is 0.782. The van der Waals surface area contributed by atoms with Crippen molar-refractivity contribution in [3.63, 3.8) is 0 Å². The van der Waals surface area contributed by atoms with E-state index in [9.17, 15) is 10.2 Å². The lowest BCUT2D eigenvalue weighted by molar-refractivity contribution is -0.0743. The highest BCUT2D eigenvalue weighted by Crippen LogP contribution is 2.29. The zero-order valence-corrected chi connectivity index (χ0v) is 9.27. The summed E-state index contributed by atoms with van der Waals surface area (Å²) >= 11 is 0. The highest BCUT2D eigenvalue weighted by atomic mass is 16.5. The zero-order valence-electron chi connectivity index (χ0n) is 9.27. The summed E-state index contributed by atoms with van der Waals surface area (Å²) in [5.74, 6) is 0.431. The fourth-order valence-electron chi connectivity index (χ4n) is 1.53. The van der Waals surface area contributed by atoms with Crippen molar-refractivity contribution >= 4 is 0 Å². The average Bonchev–Trinajstić information content (AvgIpc) is 2.27. The second-order valence-corrected chi connectivity index (χ2v) is 3.54. The first-order valence-electron chi connectivity index (χ1n) is 4.95. The van der Waals surface area contributed by atoms with Crippen LogP contribution in [0.5, 0.6) is 5.88 Å². The Hall–Kier alpha value is -1.13. The van der Waals surface area contributed by atoms with Gasteiger partial charge < -0.3 is 14.9 Å². The van der Waals surface area contributed by atoms with Crippen molar-refractivity contribution in [2.45, 2.75) is 32.0 Å². The highest BCUT2D eigenvalue weighted by molar-refractivity contribution is 5.27. The molecule has 2 unspecified atom stereocenters. The monoisotopic (exact) mass is 211 g/mol. The van der Waals surface area contributed by atoms with E-state index in [2.05, 4.69) is 4.98 Å². The Bertz CT molecular complexity index is 327. The van der Waals surface area contributed by atoms with Crippen molar-refractivity contribution in [2.75, 3.05) is 7.11 Å². The van der Waals surface area contributed by atoms with Crippen LogP contribution in [0.25, 0.3) is 0 Å². The molecule has 0 amide bonds. The minimum atomic E-state index is -1.24. The molecule has 0 aliphatic rings. The molecule has 1 rings (SSSR count). The van der Waals surface area contributed by atoms with Crippen molar-refractivity contribution < 1.29 is 14.9 Å². The largest absolute Gasteiger partial charge is 0.481 e. The third kappa shape index (κ3) is 2.27. The Morgan fingerprint density at radius 1 is 1.60 bits per heavy atom. The number of aliphatic hydroxyl groups is 2. The third-order valence-electron chi connectivity index (χ3n) is 2.67. The van der Waals surface area contributed by atoms with Crippen molar-refractivity contribution in [3.05, 3.63) is 23.9 Å². The van der Waals surface area contributed by atoms with Gasteiger partial charge in [-0.05, 0) is 25.0 Å². The van der Waals surface area contributed by atoms with Gasteiger partial charge in [-0.2, -0.15) is 0 Å². The predicted molar refractivity (Wildman–Crippen MR) is 56.7 cm³/mol. The molecular formula is C11H17NO3. The minimum Gasteiger partial charge on any atom is -0.481 e. The van der Waals surface area contributed by atoms with Crippen LogP contribution in [-0.2, 0) is 5.60 Å². The van der Waals surface area contributed by atoms with Crippen LogP contribution >= 0.6 is 0 Å². The number of hydrogen-bond acceptors (Lipinski definition) is 4. The van der Waals surface area contributed by atoms with Crippen LogP contribution in [0.2, 0.25) is 0 Å². The second kappa shape index (κ2) is 4.59. The Balaban J connectivity index is 3.12. The molecule has 0 aliphatic carbocycles. The standard InChI is InChI=1S/C11H17NO3/c1-4-11(14,8(2)13)9-5-6-12-10(7-9)15-3/h5-8,13-14H,4H2,1-3H3. The van der Waals surface area contributed by atoms with E-state index in [4.69, 9.17) is 4.74 Å². The number of hydrogen-bond donors (Lipinski definition) is 2. The Morgan fingerprint density at radius 2 is 2.27 bits per heavy atom. The van der Waals surface area contributed by atoms with Crippen LogP contribution in [0.15, 0.2) is 18.3 Å². The van der Waals surface area contributed by atoms with Crippen molar-refractivity contribution in [2.24, 2.45) is 0 Å². The molecule has 0 aliphatic heterocycles. The van der Waals surface area contributed by atoms with Gasteiger partial charge in [0.2, 0.25) is 5.88 Å². The molecule has 0 saturated heterocycles. The van der Waals surface area contributed by atoms with E-state index >= 15 is 0 Å². The molecular weight excluding hydrogens is 194 g/mol. The number of pyridine rings is 1. The van der Waals surface area contributed by atoms with E-state index in [1.807, 2.05) is 6.92 Å². The molecule has 4 nitrogen and oxygen atoms in total. The first-order valence-corrected chi connectivity index (χ1v) is 4.95. The van der Waals surface area contributed by atoms with E-state index in [1.54, 1.807) is 25.3 Å². The van der Waals surface area contributed by atoms with Gasteiger partial charge in [0.15, 0.2) is 0 Å². The lowest BCUT2D eigenvalue weighted by Gasteiger charge is -2.30. The second-order valence-electron chi connectivity index (χ2n) is 3.54. The van der Waals surface area contributed by atoms with Crippen LogP contribution in [0, 0.1) is 0 Å². The summed E-state index contributed by atoms with van der Waals surface area (Å²) in [6, 6.07) is 3.31. The van der Waals surface area contributed by atoms with Gasteiger partial charge in [0, 0.05) is 12.3 Å². The molecule has 1 heterocycles. The normalized spacial score (nSPS) is 16.9. The molecule has 0 aromatic carbocycles. The first-order chi connectivity index (χ1) is 7.04. The lowest BCUT2D eigenvalue weighted by atomic mass is 9.87. The fourth-order valence-corrected chi connectivity index (χ4v) is 1.53. The molecule has 15 heavy (non-hydrogen) atoms. The zero-order chi connectivity index (χ0) is 11.5. The van der Waals surface area contributed by atoms with Crippen molar-refractivity contribution in [1.82, 2.24) is 4.98 Å². The molecule has 1 aromatic heterocycles. The van der Waals surface area contributed by atoms with E-state index in [1.165, 1.54) is 7.11 Å².